The largest absolute Gasteiger partial charge is 0.512 e. The number of halogens is 1. The summed E-state index contributed by atoms with van der Waals surface area (Å²) in [5, 5.41) is 9.84. The molecule has 23 heavy (non-hydrogen) atoms. The molecule has 0 saturated carbocycles. The maximum atomic E-state index is 13.2. The number of hydrogen-bond donors (Lipinski definition) is 1. The second kappa shape index (κ2) is 6.20. The first kappa shape index (κ1) is 16.7. The van der Waals surface area contributed by atoms with E-state index in [9.17, 15) is 19.1 Å². The minimum Gasteiger partial charge on any atom is -0.512 e. The Labute approximate surface area is 133 Å². The fraction of sp³-hybridized carbons (Fsp3) is 0.222. The molecule has 1 N–H and O–H groups in total. The summed E-state index contributed by atoms with van der Waals surface area (Å²) in [7, 11) is 0. The van der Waals surface area contributed by atoms with Crippen LogP contribution in [0.5, 0.6) is 0 Å². The topological polar surface area (TPSA) is 67.5 Å². The van der Waals surface area contributed by atoms with E-state index >= 15 is 0 Å². The summed E-state index contributed by atoms with van der Waals surface area (Å²) >= 11 is 0. The van der Waals surface area contributed by atoms with E-state index < -0.39 is 11.6 Å². The highest BCUT2D eigenvalue weighted by molar-refractivity contribution is 6.22. The SMILES string of the molecule is CC(=O)/C(=C(\C)O)c1oc(C)c(C(C)=O)c1-c1ccc(F)cc1. The van der Waals surface area contributed by atoms with Crippen molar-refractivity contribution in [3.63, 3.8) is 0 Å². The summed E-state index contributed by atoms with van der Waals surface area (Å²) in [5.41, 5.74) is 1.23. The highest BCUT2D eigenvalue weighted by Crippen LogP contribution is 2.38. The van der Waals surface area contributed by atoms with Crippen LogP contribution in [0, 0.1) is 12.7 Å². The molecular formula is C18H17FO4. The molecule has 0 aliphatic rings. The first-order valence-corrected chi connectivity index (χ1v) is 7.05. The molecule has 0 aliphatic heterocycles. The van der Waals surface area contributed by atoms with Crippen molar-refractivity contribution >= 4 is 17.1 Å². The molecule has 0 unspecified atom stereocenters. The van der Waals surface area contributed by atoms with E-state index in [1.165, 1.54) is 45.0 Å². The van der Waals surface area contributed by atoms with E-state index in [0.29, 0.717) is 22.5 Å². The molecule has 1 aromatic heterocycles. The first-order valence-electron chi connectivity index (χ1n) is 7.05. The van der Waals surface area contributed by atoms with Crippen LogP contribution in [-0.2, 0) is 4.79 Å². The van der Waals surface area contributed by atoms with Crippen LogP contribution in [0.2, 0.25) is 0 Å². The van der Waals surface area contributed by atoms with Gasteiger partial charge in [-0.25, -0.2) is 4.39 Å². The number of allylic oxidation sites excluding steroid dienone is 2. The molecule has 2 aromatic rings. The van der Waals surface area contributed by atoms with Gasteiger partial charge in [0.15, 0.2) is 11.6 Å². The lowest BCUT2D eigenvalue weighted by atomic mass is 9.94. The van der Waals surface area contributed by atoms with Crippen LogP contribution in [0.3, 0.4) is 0 Å². The smallest absolute Gasteiger partial charge is 0.166 e. The third kappa shape index (κ3) is 3.08. The zero-order valence-corrected chi connectivity index (χ0v) is 13.4. The third-order valence-electron chi connectivity index (χ3n) is 3.51. The van der Waals surface area contributed by atoms with Crippen molar-refractivity contribution in [2.45, 2.75) is 27.7 Å². The molecule has 120 valence electrons. The Bertz CT molecular complexity index is 806. The number of aryl methyl sites for hydroxylation is 1. The Balaban J connectivity index is 2.87. The zero-order valence-electron chi connectivity index (χ0n) is 13.4. The van der Waals surface area contributed by atoms with Crippen molar-refractivity contribution in [1.29, 1.82) is 0 Å². The van der Waals surface area contributed by atoms with E-state index in [0.717, 1.165) is 0 Å². The van der Waals surface area contributed by atoms with Crippen molar-refractivity contribution in [3.8, 4) is 11.1 Å². The van der Waals surface area contributed by atoms with Gasteiger partial charge in [0.25, 0.3) is 0 Å². The molecule has 2 rings (SSSR count). The fourth-order valence-corrected chi connectivity index (χ4v) is 2.62. The maximum absolute atomic E-state index is 13.2. The van der Waals surface area contributed by atoms with Crippen molar-refractivity contribution in [2.75, 3.05) is 0 Å². The Hall–Kier alpha value is -2.69. The van der Waals surface area contributed by atoms with Crippen molar-refractivity contribution in [1.82, 2.24) is 0 Å². The number of Topliss-reactive ketones (excluding diaryl/α,β-unsaturated/α-hetero) is 2. The van der Waals surface area contributed by atoms with Crippen LogP contribution in [0.4, 0.5) is 4.39 Å². The summed E-state index contributed by atoms with van der Waals surface area (Å²) < 4.78 is 18.8. The summed E-state index contributed by atoms with van der Waals surface area (Å²) in [5.74, 6) is -0.795. The molecule has 0 bridgehead atoms. The number of hydrogen-bond acceptors (Lipinski definition) is 4. The van der Waals surface area contributed by atoms with Gasteiger partial charge < -0.3 is 9.52 Å². The molecule has 0 spiro atoms. The molecule has 0 saturated heterocycles. The summed E-state index contributed by atoms with van der Waals surface area (Å²) in [6, 6.07) is 5.52. The number of aliphatic hydroxyl groups excluding tert-OH is 1. The second-order valence-corrected chi connectivity index (χ2v) is 5.32. The lowest BCUT2D eigenvalue weighted by Gasteiger charge is -2.07. The number of aliphatic hydroxyl groups is 1. The average Bonchev–Trinajstić information content (AvgIpc) is 2.76. The average molecular weight is 316 g/mol. The van der Waals surface area contributed by atoms with Gasteiger partial charge in [-0.15, -0.1) is 0 Å². The Morgan fingerprint density at radius 3 is 2.09 bits per heavy atom. The number of ketones is 2. The van der Waals surface area contributed by atoms with Gasteiger partial charge in [0, 0.05) is 5.56 Å². The van der Waals surface area contributed by atoms with Gasteiger partial charge in [-0.3, -0.25) is 9.59 Å². The predicted molar refractivity (Wildman–Crippen MR) is 84.7 cm³/mol. The van der Waals surface area contributed by atoms with Crippen molar-refractivity contribution in [3.05, 3.63) is 52.9 Å². The highest BCUT2D eigenvalue weighted by Gasteiger charge is 2.27. The second-order valence-electron chi connectivity index (χ2n) is 5.32. The van der Waals surface area contributed by atoms with Crippen molar-refractivity contribution in [2.24, 2.45) is 0 Å². The van der Waals surface area contributed by atoms with Crippen LogP contribution in [0.1, 0.15) is 42.6 Å². The standard InChI is InChI=1S/C18H17FO4/c1-9(20)15(10(2)21)18-17(13-5-7-14(19)8-6-13)16(11(3)22)12(4)23-18/h5-8,20H,1-4H3/b15-9-. The van der Waals surface area contributed by atoms with Gasteiger partial charge in [-0.1, -0.05) is 12.1 Å². The number of benzene rings is 1. The van der Waals surface area contributed by atoms with Gasteiger partial charge >= 0.3 is 0 Å². The van der Waals surface area contributed by atoms with Crippen LogP contribution < -0.4 is 0 Å². The molecule has 4 nitrogen and oxygen atoms in total. The number of furan rings is 1. The Morgan fingerprint density at radius 1 is 1.09 bits per heavy atom. The predicted octanol–water partition coefficient (Wildman–Crippen LogP) is 4.47. The van der Waals surface area contributed by atoms with Gasteiger partial charge in [0.1, 0.15) is 23.1 Å². The molecule has 0 radical (unpaired) electrons. The molecule has 5 heteroatoms. The van der Waals surface area contributed by atoms with Gasteiger partial charge in [0.05, 0.1) is 11.1 Å². The summed E-state index contributed by atoms with van der Waals surface area (Å²) in [4.78, 5) is 23.9. The molecule has 0 atom stereocenters. The number of carbonyl (C=O) groups excluding carboxylic acids is 2. The van der Waals surface area contributed by atoms with Crippen LogP contribution in [0.15, 0.2) is 34.4 Å². The van der Waals surface area contributed by atoms with E-state index in [-0.39, 0.29) is 22.9 Å². The van der Waals surface area contributed by atoms with Gasteiger partial charge in [-0.2, -0.15) is 0 Å². The molecule has 0 aliphatic carbocycles. The lowest BCUT2D eigenvalue weighted by Crippen LogP contribution is -2.01. The molecule has 0 fully saturated rings. The number of carbonyl (C=O) groups is 2. The Morgan fingerprint density at radius 2 is 1.65 bits per heavy atom. The quantitative estimate of drug-likeness (QED) is 0.513. The fourth-order valence-electron chi connectivity index (χ4n) is 2.62. The third-order valence-corrected chi connectivity index (χ3v) is 3.51. The zero-order chi connectivity index (χ0) is 17.3. The van der Waals surface area contributed by atoms with Gasteiger partial charge in [-0.05, 0) is 45.4 Å². The maximum Gasteiger partial charge on any atom is 0.166 e. The minimum atomic E-state index is -0.416. The molecule has 0 amide bonds. The van der Waals surface area contributed by atoms with Gasteiger partial charge in [0.2, 0.25) is 0 Å². The van der Waals surface area contributed by atoms with E-state index in [1.54, 1.807) is 6.92 Å². The monoisotopic (exact) mass is 316 g/mol. The van der Waals surface area contributed by atoms with E-state index in [4.69, 9.17) is 4.42 Å². The van der Waals surface area contributed by atoms with E-state index in [1.807, 2.05) is 0 Å². The van der Waals surface area contributed by atoms with Crippen LogP contribution >= 0.6 is 0 Å². The summed E-state index contributed by atoms with van der Waals surface area (Å²) in [6.07, 6.45) is 0. The van der Waals surface area contributed by atoms with Crippen LogP contribution in [0.25, 0.3) is 16.7 Å². The normalized spacial score (nSPS) is 12.0. The minimum absolute atomic E-state index is 0.0000694. The molecular weight excluding hydrogens is 299 g/mol. The van der Waals surface area contributed by atoms with Crippen molar-refractivity contribution < 1.29 is 23.5 Å². The van der Waals surface area contributed by atoms with E-state index in [2.05, 4.69) is 0 Å². The highest BCUT2D eigenvalue weighted by atomic mass is 19.1. The molecule has 1 heterocycles. The number of rotatable bonds is 4. The van der Waals surface area contributed by atoms with Crippen LogP contribution in [-0.4, -0.2) is 16.7 Å². The molecule has 1 aromatic carbocycles. The Kier molecular flexibility index (Phi) is 4.50. The lowest BCUT2D eigenvalue weighted by molar-refractivity contribution is -0.112. The summed E-state index contributed by atoms with van der Waals surface area (Å²) in [6.45, 7) is 5.67. The first-order chi connectivity index (χ1) is 10.7.